The van der Waals surface area contributed by atoms with Gasteiger partial charge < -0.3 is 0 Å². The normalized spacial score (nSPS) is 18.0. The Hall–Kier alpha value is -0.792. The van der Waals surface area contributed by atoms with E-state index in [-0.39, 0.29) is 21.7 Å². The molecule has 0 aromatic heterocycles. The summed E-state index contributed by atoms with van der Waals surface area (Å²) in [6.07, 6.45) is 2.24. The Morgan fingerprint density at radius 2 is 2.00 bits per heavy atom. The first-order chi connectivity index (χ1) is 7.77. The Kier molecular flexibility index (Phi) is 4.03. The number of carbonyl (C=O) groups is 1. The van der Waals surface area contributed by atoms with Crippen LogP contribution in [-0.2, 0) is 4.74 Å². The number of hydrogen-bond acceptors (Lipinski definition) is 2. The summed E-state index contributed by atoms with van der Waals surface area (Å²) in [5, 5.41) is 0. The molecule has 1 aromatic rings. The Morgan fingerprint density at radius 1 is 1.31 bits per heavy atom. The molecule has 1 saturated heterocycles. The van der Waals surface area contributed by atoms with Crippen LogP contribution in [0.5, 0.6) is 0 Å². The maximum atomic E-state index is 11.3. The molecule has 16 heavy (non-hydrogen) atoms. The Labute approximate surface area is 102 Å². The summed E-state index contributed by atoms with van der Waals surface area (Å²) in [5.74, 6) is -0.307. The van der Waals surface area contributed by atoms with Gasteiger partial charge in [-0.1, -0.05) is 0 Å². The molecule has 85 valence electrons. The average Bonchev–Trinajstić information content (AvgIpc) is 2.31. The van der Waals surface area contributed by atoms with Gasteiger partial charge in [-0.2, -0.15) is 0 Å². The number of primary amides is 1. The van der Waals surface area contributed by atoms with Crippen LogP contribution in [0.1, 0.15) is 23.2 Å². The second-order valence-corrected chi connectivity index (χ2v) is 6.94. The SMILES string of the molecule is NC(=O)c1ccccc1[As]C1CCOCC1. The molecule has 0 unspecified atom stereocenters. The van der Waals surface area contributed by atoms with Crippen molar-refractivity contribution in [2.75, 3.05) is 13.2 Å². The van der Waals surface area contributed by atoms with Crippen LogP contribution in [0.3, 0.4) is 0 Å². The van der Waals surface area contributed by atoms with Gasteiger partial charge in [-0.3, -0.25) is 0 Å². The number of ether oxygens (including phenoxy) is 1. The van der Waals surface area contributed by atoms with Crippen LogP contribution in [0, 0.1) is 0 Å². The van der Waals surface area contributed by atoms with Gasteiger partial charge in [0, 0.05) is 0 Å². The van der Waals surface area contributed by atoms with Crippen molar-refractivity contribution in [1.82, 2.24) is 0 Å². The Bertz CT molecular complexity index is 375. The molecule has 3 nitrogen and oxygen atoms in total. The van der Waals surface area contributed by atoms with Crippen LogP contribution >= 0.6 is 0 Å². The Morgan fingerprint density at radius 3 is 2.69 bits per heavy atom. The van der Waals surface area contributed by atoms with E-state index in [1.54, 1.807) is 0 Å². The van der Waals surface area contributed by atoms with E-state index in [2.05, 4.69) is 0 Å². The van der Waals surface area contributed by atoms with Gasteiger partial charge in [-0.25, -0.2) is 0 Å². The molecule has 1 aliphatic heterocycles. The second-order valence-electron chi connectivity index (χ2n) is 3.85. The molecule has 4 heteroatoms. The number of benzene rings is 1. The van der Waals surface area contributed by atoms with Gasteiger partial charge in [-0.15, -0.1) is 0 Å². The van der Waals surface area contributed by atoms with Crippen molar-refractivity contribution in [3.63, 3.8) is 0 Å². The Balaban J connectivity index is 2.10. The summed E-state index contributed by atoms with van der Waals surface area (Å²) >= 11 is 0.0267. The van der Waals surface area contributed by atoms with Crippen molar-refractivity contribution >= 4 is 26.0 Å². The summed E-state index contributed by atoms with van der Waals surface area (Å²) in [5.41, 5.74) is 6.07. The molecule has 2 N–H and O–H groups in total. The molecule has 1 aromatic carbocycles. The molecular weight excluding hydrogens is 265 g/mol. The van der Waals surface area contributed by atoms with E-state index < -0.39 is 0 Å². The first-order valence-corrected chi connectivity index (χ1v) is 7.47. The predicted molar refractivity (Wildman–Crippen MR) is 64.2 cm³/mol. The van der Waals surface area contributed by atoms with Gasteiger partial charge in [0.1, 0.15) is 0 Å². The quantitative estimate of drug-likeness (QED) is 0.829. The van der Waals surface area contributed by atoms with Gasteiger partial charge in [0.25, 0.3) is 0 Å². The molecule has 0 bridgehead atoms. The van der Waals surface area contributed by atoms with E-state index in [9.17, 15) is 4.79 Å². The molecule has 1 radical (unpaired) electrons. The molecule has 1 aliphatic rings. The van der Waals surface area contributed by atoms with Crippen LogP contribution in [0.25, 0.3) is 0 Å². The van der Waals surface area contributed by atoms with Gasteiger partial charge in [-0.05, 0) is 0 Å². The molecule has 0 spiro atoms. The van der Waals surface area contributed by atoms with Crippen LogP contribution in [0.4, 0.5) is 0 Å². The van der Waals surface area contributed by atoms with Crippen LogP contribution < -0.4 is 10.1 Å². The van der Waals surface area contributed by atoms with E-state index in [4.69, 9.17) is 10.5 Å². The van der Waals surface area contributed by atoms with E-state index >= 15 is 0 Å². The third-order valence-corrected chi connectivity index (χ3v) is 5.93. The minimum absolute atomic E-state index is 0.0267. The zero-order valence-corrected chi connectivity index (χ0v) is 10.9. The average molecular weight is 280 g/mol. The van der Waals surface area contributed by atoms with Gasteiger partial charge in [0.15, 0.2) is 0 Å². The standard InChI is InChI=1S/C12H15AsNO2/c14-12(15)10-3-1-2-4-11(10)13-9-5-7-16-8-6-9/h1-4,9H,5-8H2,(H2,14,15). The number of hydrogen-bond donors (Lipinski definition) is 1. The van der Waals surface area contributed by atoms with E-state index in [0.29, 0.717) is 10.3 Å². The zero-order chi connectivity index (χ0) is 11.4. The fourth-order valence-corrected chi connectivity index (χ4v) is 4.66. The number of carbonyl (C=O) groups excluding carboxylic acids is 1. The van der Waals surface area contributed by atoms with Crippen LogP contribution in [0.15, 0.2) is 24.3 Å². The van der Waals surface area contributed by atoms with Crippen LogP contribution in [0.2, 0.25) is 4.71 Å². The summed E-state index contributed by atoms with van der Waals surface area (Å²) in [4.78, 5) is 11.3. The van der Waals surface area contributed by atoms with Gasteiger partial charge in [0.05, 0.1) is 0 Å². The molecule has 1 heterocycles. The van der Waals surface area contributed by atoms with Crippen molar-refractivity contribution in [3.05, 3.63) is 29.8 Å². The summed E-state index contributed by atoms with van der Waals surface area (Å²) in [6, 6.07) is 7.72. The zero-order valence-electron chi connectivity index (χ0n) is 9.06. The van der Waals surface area contributed by atoms with Crippen molar-refractivity contribution < 1.29 is 9.53 Å². The number of rotatable bonds is 3. The van der Waals surface area contributed by atoms with Crippen molar-refractivity contribution in [1.29, 1.82) is 0 Å². The minimum atomic E-state index is -0.307. The van der Waals surface area contributed by atoms with E-state index in [0.717, 1.165) is 30.4 Å². The van der Waals surface area contributed by atoms with Gasteiger partial charge >= 0.3 is 102 Å². The fraction of sp³-hybridized carbons (Fsp3) is 0.417. The number of amides is 1. The van der Waals surface area contributed by atoms with Crippen molar-refractivity contribution in [2.45, 2.75) is 17.5 Å². The molecule has 0 saturated carbocycles. The van der Waals surface area contributed by atoms with Gasteiger partial charge in [0.2, 0.25) is 0 Å². The van der Waals surface area contributed by atoms with Crippen molar-refractivity contribution in [3.8, 4) is 0 Å². The molecule has 1 fully saturated rings. The predicted octanol–water partition coefficient (Wildman–Crippen LogP) is 0.714. The summed E-state index contributed by atoms with van der Waals surface area (Å²) in [7, 11) is 0. The van der Waals surface area contributed by atoms with E-state index in [1.165, 1.54) is 0 Å². The third-order valence-electron chi connectivity index (χ3n) is 2.68. The van der Waals surface area contributed by atoms with Crippen molar-refractivity contribution in [2.24, 2.45) is 5.73 Å². The monoisotopic (exact) mass is 280 g/mol. The molecular formula is C12H15AsNO2. The first kappa shape index (κ1) is 11.7. The molecule has 1 amide bonds. The summed E-state index contributed by atoms with van der Waals surface area (Å²) in [6.45, 7) is 1.72. The molecule has 0 aliphatic carbocycles. The third kappa shape index (κ3) is 2.87. The molecule has 2 rings (SSSR count). The van der Waals surface area contributed by atoms with Crippen LogP contribution in [-0.4, -0.2) is 34.9 Å². The first-order valence-electron chi connectivity index (χ1n) is 5.45. The second kappa shape index (κ2) is 5.51. The summed E-state index contributed by atoms with van der Waals surface area (Å²) < 4.78 is 7.22. The maximum absolute atomic E-state index is 11.3. The topological polar surface area (TPSA) is 52.3 Å². The van der Waals surface area contributed by atoms with E-state index in [1.807, 2.05) is 24.3 Å². The fourth-order valence-electron chi connectivity index (χ4n) is 1.81. The number of nitrogens with two attached hydrogens (primary N) is 1. The molecule has 0 atom stereocenters.